The molecule has 96 valence electrons. The lowest BCUT2D eigenvalue weighted by Crippen LogP contribution is -2.42. The molecule has 0 saturated carbocycles. The minimum absolute atomic E-state index is 0.255. The van der Waals surface area contributed by atoms with Crippen molar-refractivity contribution in [1.29, 1.82) is 0 Å². The molecule has 0 rings (SSSR count). The topological polar surface area (TPSA) is 44.8 Å². The maximum Gasteiger partial charge on any atom is 0.564 e. The van der Waals surface area contributed by atoms with E-state index in [0.717, 1.165) is 19.3 Å². The number of hydrogen-bond donors (Lipinski definition) is 1. The molecule has 0 spiro atoms. The smallest absolute Gasteiger partial charge is 0.473 e. The van der Waals surface area contributed by atoms with Crippen molar-refractivity contribution in [2.45, 2.75) is 44.4 Å². The highest BCUT2D eigenvalue weighted by Gasteiger charge is 2.36. The molecule has 16 heavy (non-hydrogen) atoms. The van der Waals surface area contributed by atoms with Gasteiger partial charge in [0.25, 0.3) is 5.97 Å². The van der Waals surface area contributed by atoms with Crippen molar-refractivity contribution >= 4 is 27.4 Å². The Balaban J connectivity index is 3.82. The Labute approximate surface area is 104 Å². The summed E-state index contributed by atoms with van der Waals surface area (Å²) < 4.78 is 15.3. The summed E-state index contributed by atoms with van der Waals surface area (Å²) in [6, 6.07) is 0. The Bertz CT molecular complexity index is 209. The monoisotopic (exact) mass is 266 g/mol. The first-order valence-corrected chi connectivity index (χ1v) is 8.21. The molecule has 0 radical (unpaired) electrons. The normalized spacial score (nSPS) is 13.6. The third-order valence-corrected chi connectivity index (χ3v) is 5.14. The van der Waals surface area contributed by atoms with Gasteiger partial charge >= 0.3 is 8.80 Å². The molecule has 1 atom stereocenters. The first-order valence-electron chi connectivity index (χ1n) is 5.47. The van der Waals surface area contributed by atoms with E-state index in [2.05, 4.69) is 19.6 Å². The predicted molar refractivity (Wildman–Crippen MR) is 68.6 cm³/mol. The molecule has 1 unspecified atom stereocenters. The van der Waals surface area contributed by atoms with Gasteiger partial charge in [0.1, 0.15) is 0 Å². The van der Waals surface area contributed by atoms with Crippen LogP contribution in [0.15, 0.2) is 0 Å². The average Bonchev–Trinajstić information content (AvgIpc) is 2.28. The van der Waals surface area contributed by atoms with Crippen LogP contribution in [0.1, 0.15) is 32.6 Å². The molecule has 0 aromatic carbocycles. The minimum Gasteiger partial charge on any atom is -0.473 e. The van der Waals surface area contributed by atoms with Gasteiger partial charge in [0.15, 0.2) is 0 Å². The van der Waals surface area contributed by atoms with Crippen LogP contribution in [0.5, 0.6) is 0 Å². The van der Waals surface area contributed by atoms with Crippen molar-refractivity contribution < 1.29 is 18.1 Å². The van der Waals surface area contributed by atoms with Gasteiger partial charge in [-0.2, -0.15) is 12.6 Å². The van der Waals surface area contributed by atoms with Gasteiger partial charge in [0, 0.05) is 32.4 Å². The molecular formula is C10H22O4SSi. The van der Waals surface area contributed by atoms with Gasteiger partial charge in [0.05, 0.1) is 0 Å². The Hall–Kier alpha value is -0.0431. The van der Waals surface area contributed by atoms with Gasteiger partial charge in [-0.15, -0.1) is 0 Å². The highest BCUT2D eigenvalue weighted by atomic mass is 32.1. The predicted octanol–water partition coefficient (Wildman–Crippen LogP) is 2.27. The quantitative estimate of drug-likeness (QED) is 0.541. The van der Waals surface area contributed by atoms with Crippen LogP contribution < -0.4 is 0 Å². The summed E-state index contributed by atoms with van der Waals surface area (Å²) in [7, 11) is 0.265. The molecule has 0 fully saturated rings. The van der Waals surface area contributed by atoms with Gasteiger partial charge in [-0.3, -0.25) is 4.79 Å². The van der Waals surface area contributed by atoms with E-state index in [4.69, 9.17) is 13.3 Å². The second kappa shape index (κ2) is 8.11. The number of rotatable bonds is 8. The molecule has 0 aromatic heterocycles. The Kier molecular flexibility index (Phi) is 8.09. The van der Waals surface area contributed by atoms with Gasteiger partial charge in [-0.25, -0.2) is 0 Å². The minimum atomic E-state index is -2.71. The van der Waals surface area contributed by atoms with E-state index in [1.165, 1.54) is 14.2 Å². The van der Waals surface area contributed by atoms with Crippen molar-refractivity contribution in [2.75, 3.05) is 14.2 Å². The standard InChI is InChI=1S/C10H22O4SSi/c1-5-9(15)7-6-8-10(11)14-16(4,12-2)13-3/h9,15H,5-8H2,1-4H3. The van der Waals surface area contributed by atoms with Crippen LogP contribution in [-0.4, -0.2) is 34.2 Å². The van der Waals surface area contributed by atoms with E-state index in [9.17, 15) is 4.79 Å². The zero-order chi connectivity index (χ0) is 12.6. The maximum atomic E-state index is 11.5. The highest BCUT2D eigenvalue weighted by molar-refractivity contribution is 7.80. The van der Waals surface area contributed by atoms with Crippen molar-refractivity contribution in [3.8, 4) is 0 Å². The molecule has 0 amide bonds. The largest absolute Gasteiger partial charge is 0.564 e. The zero-order valence-electron chi connectivity index (χ0n) is 10.5. The lowest BCUT2D eigenvalue weighted by atomic mass is 10.1. The molecule has 0 N–H and O–H groups in total. The van der Waals surface area contributed by atoms with Gasteiger partial charge in [-0.05, 0) is 19.3 Å². The van der Waals surface area contributed by atoms with Gasteiger partial charge in [-0.1, -0.05) is 6.92 Å². The number of thiol groups is 1. The van der Waals surface area contributed by atoms with E-state index >= 15 is 0 Å². The summed E-state index contributed by atoms with van der Waals surface area (Å²) in [5.74, 6) is -0.255. The Morgan fingerprint density at radius 2 is 1.94 bits per heavy atom. The zero-order valence-corrected chi connectivity index (χ0v) is 12.4. The van der Waals surface area contributed by atoms with Crippen LogP contribution >= 0.6 is 12.6 Å². The summed E-state index contributed by atoms with van der Waals surface area (Å²) in [4.78, 5) is 11.5. The second-order valence-electron chi connectivity index (χ2n) is 3.70. The fourth-order valence-corrected chi connectivity index (χ4v) is 2.14. The van der Waals surface area contributed by atoms with Crippen molar-refractivity contribution in [1.82, 2.24) is 0 Å². The van der Waals surface area contributed by atoms with Crippen LogP contribution in [0, 0.1) is 0 Å². The second-order valence-corrected chi connectivity index (χ2v) is 7.17. The summed E-state index contributed by atoms with van der Waals surface area (Å²) in [5.41, 5.74) is 0. The summed E-state index contributed by atoms with van der Waals surface area (Å²) in [6.07, 6.45) is 3.12. The van der Waals surface area contributed by atoms with Crippen molar-refractivity contribution in [2.24, 2.45) is 0 Å². The number of carbonyl (C=O) groups is 1. The molecule has 4 nitrogen and oxygen atoms in total. The van der Waals surface area contributed by atoms with Crippen LogP contribution in [0.4, 0.5) is 0 Å². The van der Waals surface area contributed by atoms with E-state index in [-0.39, 0.29) is 5.97 Å². The highest BCUT2D eigenvalue weighted by Crippen LogP contribution is 2.13. The molecule has 0 aliphatic heterocycles. The van der Waals surface area contributed by atoms with Crippen LogP contribution in [-0.2, 0) is 18.1 Å². The molecule has 0 aromatic rings. The molecule has 6 heteroatoms. The van der Waals surface area contributed by atoms with E-state index in [1.54, 1.807) is 6.55 Å². The fourth-order valence-electron chi connectivity index (χ4n) is 1.11. The Morgan fingerprint density at radius 3 is 2.38 bits per heavy atom. The molecule has 0 heterocycles. The molecule has 0 aliphatic carbocycles. The van der Waals surface area contributed by atoms with E-state index in [1.807, 2.05) is 0 Å². The maximum absolute atomic E-state index is 11.5. The number of hydrogen-bond acceptors (Lipinski definition) is 5. The van der Waals surface area contributed by atoms with Crippen LogP contribution in [0.2, 0.25) is 6.55 Å². The third-order valence-electron chi connectivity index (χ3n) is 2.43. The van der Waals surface area contributed by atoms with Crippen molar-refractivity contribution in [3.63, 3.8) is 0 Å². The average molecular weight is 266 g/mol. The third kappa shape index (κ3) is 6.52. The molecule has 0 saturated heterocycles. The first-order chi connectivity index (χ1) is 7.47. The SMILES string of the molecule is CCC(S)CCCC(=O)O[Si](C)(OC)OC. The first kappa shape index (κ1) is 16.0. The van der Waals surface area contributed by atoms with Crippen LogP contribution in [0.3, 0.4) is 0 Å². The van der Waals surface area contributed by atoms with E-state index in [0.29, 0.717) is 11.7 Å². The number of carbonyl (C=O) groups excluding carboxylic acids is 1. The van der Waals surface area contributed by atoms with E-state index < -0.39 is 8.80 Å². The lowest BCUT2D eigenvalue weighted by Gasteiger charge is -2.21. The molecule has 0 aliphatic rings. The summed E-state index contributed by atoms with van der Waals surface area (Å²) in [6.45, 7) is 3.77. The fraction of sp³-hybridized carbons (Fsp3) is 0.900. The lowest BCUT2D eigenvalue weighted by molar-refractivity contribution is -0.138. The molecule has 0 bridgehead atoms. The summed E-state index contributed by atoms with van der Waals surface area (Å²) in [5, 5.41) is 0.362. The van der Waals surface area contributed by atoms with Gasteiger partial charge < -0.3 is 13.3 Å². The van der Waals surface area contributed by atoms with Crippen LogP contribution in [0.25, 0.3) is 0 Å². The summed E-state index contributed by atoms with van der Waals surface area (Å²) >= 11 is 4.36. The van der Waals surface area contributed by atoms with Crippen molar-refractivity contribution in [3.05, 3.63) is 0 Å². The molecular weight excluding hydrogens is 244 g/mol. The Morgan fingerprint density at radius 1 is 1.38 bits per heavy atom. The van der Waals surface area contributed by atoms with Gasteiger partial charge in [0.2, 0.25) is 0 Å².